The highest BCUT2D eigenvalue weighted by Gasteiger charge is 2.05. The number of hydrogen-bond donors (Lipinski definition) is 1. The highest BCUT2D eigenvalue weighted by molar-refractivity contribution is 7.79. The molecule has 0 spiro atoms. The Kier molecular flexibility index (Phi) is 2.79. The Balaban J connectivity index is 3.20. The number of benzene rings is 1. The normalized spacial score (nSPS) is 12.5. The van der Waals surface area contributed by atoms with E-state index in [1.807, 2.05) is 0 Å². The maximum Gasteiger partial charge on any atom is 0.335 e. The first-order valence-corrected chi connectivity index (χ1v) is 4.53. The van der Waals surface area contributed by atoms with Crippen LogP contribution in [-0.2, 0) is 11.1 Å². The quantitative estimate of drug-likeness (QED) is 0.719. The Morgan fingerprint density at radius 3 is 2.54 bits per heavy atom. The number of carboxylic acid groups (broad SMARTS) is 1. The molecule has 0 amide bonds. The molecule has 5 heteroatoms. The van der Waals surface area contributed by atoms with Crippen LogP contribution in [0.2, 0.25) is 0 Å². The van der Waals surface area contributed by atoms with Crippen molar-refractivity contribution >= 4 is 17.0 Å². The number of carbonyl (C=O) groups is 1. The molecule has 70 valence electrons. The van der Waals surface area contributed by atoms with Crippen molar-refractivity contribution in [2.45, 2.75) is 11.8 Å². The van der Waals surface area contributed by atoms with E-state index in [1.54, 1.807) is 6.92 Å². The molecule has 0 bridgehead atoms. The fourth-order valence-electron chi connectivity index (χ4n) is 0.969. The van der Waals surface area contributed by atoms with Crippen LogP contribution in [0.25, 0.3) is 0 Å². The highest BCUT2D eigenvalue weighted by Crippen LogP contribution is 2.13. The van der Waals surface area contributed by atoms with Crippen LogP contribution in [0, 0.1) is 6.92 Å². The average Bonchev–Trinajstić information content (AvgIpc) is 2.03. The Morgan fingerprint density at radius 1 is 1.54 bits per heavy atom. The maximum absolute atomic E-state index is 10.6. The van der Waals surface area contributed by atoms with Gasteiger partial charge in [0.05, 0.1) is 5.56 Å². The van der Waals surface area contributed by atoms with E-state index in [2.05, 4.69) is 0 Å². The van der Waals surface area contributed by atoms with Gasteiger partial charge in [-0.05, 0) is 41.8 Å². The van der Waals surface area contributed by atoms with Crippen molar-refractivity contribution in [3.63, 3.8) is 0 Å². The second-order valence-corrected chi connectivity index (χ2v) is 3.43. The third kappa shape index (κ3) is 2.13. The van der Waals surface area contributed by atoms with Gasteiger partial charge >= 0.3 is 5.97 Å². The topological polar surface area (TPSA) is 77.4 Å². The Morgan fingerprint density at radius 2 is 2.15 bits per heavy atom. The van der Waals surface area contributed by atoms with Crippen molar-refractivity contribution in [1.82, 2.24) is 0 Å². The lowest BCUT2D eigenvalue weighted by atomic mass is 10.1. The second kappa shape index (κ2) is 3.68. The predicted molar refractivity (Wildman–Crippen MR) is 45.3 cm³/mol. The molecule has 0 heterocycles. The van der Waals surface area contributed by atoms with Gasteiger partial charge in [0, 0.05) is 4.90 Å². The SMILES string of the molecule is Cc1cc(C(=O)O)ccc1S(=O)[O-]. The molecule has 0 fully saturated rings. The smallest absolute Gasteiger partial charge is 0.335 e. The van der Waals surface area contributed by atoms with Crippen molar-refractivity contribution in [2.24, 2.45) is 0 Å². The molecule has 1 aromatic carbocycles. The zero-order valence-corrected chi connectivity index (χ0v) is 7.63. The summed E-state index contributed by atoms with van der Waals surface area (Å²) < 4.78 is 21.1. The summed E-state index contributed by atoms with van der Waals surface area (Å²) in [4.78, 5) is 10.6. The Hall–Kier alpha value is -1.20. The zero-order chi connectivity index (χ0) is 10.0. The van der Waals surface area contributed by atoms with Gasteiger partial charge in [0.1, 0.15) is 0 Å². The number of aromatic carboxylic acids is 1. The number of carboxylic acids is 1. The van der Waals surface area contributed by atoms with Crippen molar-refractivity contribution in [1.29, 1.82) is 0 Å². The fourth-order valence-corrected chi connectivity index (χ4v) is 1.47. The summed E-state index contributed by atoms with van der Waals surface area (Å²) in [6.07, 6.45) is 0. The predicted octanol–water partition coefficient (Wildman–Crippen LogP) is 0.931. The lowest BCUT2D eigenvalue weighted by Gasteiger charge is -2.08. The highest BCUT2D eigenvalue weighted by atomic mass is 32.2. The summed E-state index contributed by atoms with van der Waals surface area (Å²) in [5, 5.41) is 8.58. The second-order valence-electron chi connectivity index (χ2n) is 2.52. The molecule has 1 atom stereocenters. The van der Waals surface area contributed by atoms with E-state index in [1.165, 1.54) is 18.2 Å². The van der Waals surface area contributed by atoms with Crippen LogP contribution in [-0.4, -0.2) is 19.8 Å². The Bertz CT molecular complexity index is 372. The maximum atomic E-state index is 10.6. The van der Waals surface area contributed by atoms with E-state index >= 15 is 0 Å². The lowest BCUT2D eigenvalue weighted by molar-refractivity contribution is 0.0696. The third-order valence-corrected chi connectivity index (χ3v) is 2.42. The van der Waals surface area contributed by atoms with Crippen molar-refractivity contribution < 1.29 is 18.7 Å². The first-order valence-electron chi connectivity index (χ1n) is 3.45. The monoisotopic (exact) mass is 199 g/mol. The van der Waals surface area contributed by atoms with Crippen molar-refractivity contribution in [3.8, 4) is 0 Å². The molecule has 0 aromatic heterocycles. The zero-order valence-electron chi connectivity index (χ0n) is 6.81. The molecule has 13 heavy (non-hydrogen) atoms. The number of hydrogen-bond acceptors (Lipinski definition) is 3. The molecule has 0 radical (unpaired) electrons. The molecule has 1 unspecified atom stereocenters. The minimum absolute atomic E-state index is 0.0895. The van der Waals surface area contributed by atoms with Gasteiger partial charge in [0.2, 0.25) is 0 Å². The molecule has 1 rings (SSSR count). The minimum atomic E-state index is -2.30. The van der Waals surface area contributed by atoms with Gasteiger partial charge in [-0.2, -0.15) is 0 Å². The van der Waals surface area contributed by atoms with Gasteiger partial charge < -0.3 is 9.66 Å². The van der Waals surface area contributed by atoms with Gasteiger partial charge in [0.25, 0.3) is 0 Å². The van der Waals surface area contributed by atoms with Crippen LogP contribution < -0.4 is 0 Å². The minimum Gasteiger partial charge on any atom is -0.768 e. The van der Waals surface area contributed by atoms with Crippen LogP contribution in [0.4, 0.5) is 0 Å². The van der Waals surface area contributed by atoms with E-state index in [0.717, 1.165) is 0 Å². The Labute approximate surface area is 77.5 Å². The van der Waals surface area contributed by atoms with Crippen LogP contribution in [0.15, 0.2) is 23.1 Å². The first kappa shape index (κ1) is 9.88. The summed E-state index contributed by atoms with van der Waals surface area (Å²) >= 11 is -2.30. The van der Waals surface area contributed by atoms with Crippen LogP contribution in [0.5, 0.6) is 0 Å². The molecule has 1 N–H and O–H groups in total. The lowest BCUT2D eigenvalue weighted by Crippen LogP contribution is -1.99. The van der Waals surface area contributed by atoms with E-state index in [4.69, 9.17) is 5.11 Å². The molecule has 0 aliphatic carbocycles. The van der Waals surface area contributed by atoms with Gasteiger partial charge in [-0.3, -0.25) is 4.21 Å². The summed E-state index contributed by atoms with van der Waals surface area (Å²) in [5.41, 5.74) is 0.528. The molecule has 0 saturated carbocycles. The summed E-state index contributed by atoms with van der Waals surface area (Å²) in [5.74, 6) is -1.06. The van der Waals surface area contributed by atoms with E-state index < -0.39 is 17.0 Å². The van der Waals surface area contributed by atoms with Gasteiger partial charge in [-0.1, -0.05) is 0 Å². The fraction of sp³-hybridized carbons (Fsp3) is 0.125. The number of aryl methyl sites for hydroxylation is 1. The van der Waals surface area contributed by atoms with Crippen LogP contribution in [0.3, 0.4) is 0 Å². The van der Waals surface area contributed by atoms with Crippen LogP contribution >= 0.6 is 0 Å². The van der Waals surface area contributed by atoms with Crippen molar-refractivity contribution in [3.05, 3.63) is 29.3 Å². The third-order valence-electron chi connectivity index (χ3n) is 1.60. The van der Waals surface area contributed by atoms with Crippen molar-refractivity contribution in [2.75, 3.05) is 0 Å². The largest absolute Gasteiger partial charge is 0.768 e. The van der Waals surface area contributed by atoms with E-state index in [-0.39, 0.29) is 10.5 Å². The average molecular weight is 199 g/mol. The molecule has 0 aliphatic rings. The van der Waals surface area contributed by atoms with Gasteiger partial charge in [0.15, 0.2) is 0 Å². The molecule has 4 nitrogen and oxygen atoms in total. The molecule has 0 aliphatic heterocycles. The molecular weight excluding hydrogens is 192 g/mol. The summed E-state index contributed by atoms with van der Waals surface area (Å²) in [6, 6.07) is 3.87. The van der Waals surface area contributed by atoms with Gasteiger partial charge in [-0.25, -0.2) is 4.79 Å². The number of rotatable bonds is 2. The van der Waals surface area contributed by atoms with Crippen LogP contribution in [0.1, 0.15) is 15.9 Å². The molecule has 1 aromatic rings. The summed E-state index contributed by atoms with van der Waals surface area (Å²) in [7, 11) is 0. The van der Waals surface area contributed by atoms with Gasteiger partial charge in [-0.15, -0.1) is 0 Å². The first-order chi connectivity index (χ1) is 6.02. The summed E-state index contributed by atoms with van der Waals surface area (Å²) in [6.45, 7) is 1.55. The molecular formula is C8H7O4S-. The van der Waals surface area contributed by atoms with E-state index in [0.29, 0.717) is 5.56 Å². The standard InChI is InChI=1S/C8H8O4S/c1-5-4-6(8(9)10)2-3-7(5)13(11)12/h2-4H,1H3,(H,9,10)(H,11,12)/p-1. The molecule has 0 saturated heterocycles. The van der Waals surface area contributed by atoms with E-state index in [9.17, 15) is 13.6 Å².